The standard InChI is InChI=1S/C10H18N4O/c1-5-7-6-8(14-13-7)11-9(15)12-10(2,3)4/h6H,5H2,1-4H3,(H3,11,12,13,14,15). The second-order valence-electron chi connectivity index (χ2n) is 4.46. The molecule has 5 nitrogen and oxygen atoms in total. The number of carbonyl (C=O) groups is 1. The Kier molecular flexibility index (Phi) is 3.34. The molecule has 2 amide bonds. The predicted molar refractivity (Wildman–Crippen MR) is 59.9 cm³/mol. The van der Waals surface area contributed by atoms with Crippen molar-refractivity contribution in [3.8, 4) is 0 Å². The van der Waals surface area contributed by atoms with Crippen LogP contribution in [0.15, 0.2) is 6.07 Å². The highest BCUT2D eigenvalue weighted by Crippen LogP contribution is 2.06. The van der Waals surface area contributed by atoms with Gasteiger partial charge in [-0.15, -0.1) is 0 Å². The molecule has 0 aliphatic heterocycles. The summed E-state index contributed by atoms with van der Waals surface area (Å²) in [5.41, 5.74) is 0.759. The van der Waals surface area contributed by atoms with Crippen LogP contribution in [0.5, 0.6) is 0 Å². The lowest BCUT2D eigenvalue weighted by Gasteiger charge is -2.20. The van der Waals surface area contributed by atoms with Gasteiger partial charge in [0.15, 0.2) is 5.82 Å². The average molecular weight is 210 g/mol. The number of H-pyrrole nitrogens is 1. The van der Waals surface area contributed by atoms with Gasteiger partial charge in [-0.2, -0.15) is 5.10 Å². The molecule has 0 spiro atoms. The molecule has 1 aromatic rings. The SMILES string of the molecule is CCc1cc(NC(=O)NC(C)(C)C)n[nH]1. The summed E-state index contributed by atoms with van der Waals surface area (Å²) in [6, 6.07) is 1.58. The van der Waals surface area contributed by atoms with Gasteiger partial charge in [0.1, 0.15) is 0 Å². The van der Waals surface area contributed by atoms with Crippen LogP contribution in [-0.2, 0) is 6.42 Å². The maximum atomic E-state index is 11.4. The first-order valence-electron chi connectivity index (χ1n) is 5.04. The Bertz CT molecular complexity index is 337. The van der Waals surface area contributed by atoms with Gasteiger partial charge >= 0.3 is 6.03 Å². The van der Waals surface area contributed by atoms with Crippen molar-refractivity contribution in [1.82, 2.24) is 15.5 Å². The number of hydrogen-bond acceptors (Lipinski definition) is 2. The van der Waals surface area contributed by atoms with Crippen molar-refractivity contribution in [2.75, 3.05) is 5.32 Å². The van der Waals surface area contributed by atoms with Gasteiger partial charge in [0.2, 0.25) is 0 Å². The smallest absolute Gasteiger partial charge is 0.320 e. The maximum absolute atomic E-state index is 11.4. The van der Waals surface area contributed by atoms with E-state index in [0.29, 0.717) is 5.82 Å². The molecule has 0 saturated carbocycles. The molecule has 0 saturated heterocycles. The lowest BCUT2D eigenvalue weighted by Crippen LogP contribution is -2.43. The molecule has 0 aromatic carbocycles. The highest BCUT2D eigenvalue weighted by molar-refractivity contribution is 5.88. The van der Waals surface area contributed by atoms with E-state index < -0.39 is 0 Å². The van der Waals surface area contributed by atoms with Gasteiger partial charge in [0.25, 0.3) is 0 Å². The maximum Gasteiger partial charge on any atom is 0.320 e. The minimum absolute atomic E-state index is 0.239. The van der Waals surface area contributed by atoms with Crippen LogP contribution in [-0.4, -0.2) is 21.8 Å². The second-order valence-corrected chi connectivity index (χ2v) is 4.46. The van der Waals surface area contributed by atoms with Crippen molar-refractivity contribution in [3.63, 3.8) is 0 Å². The number of carbonyl (C=O) groups excluding carboxylic acids is 1. The molecule has 0 radical (unpaired) electrons. The van der Waals surface area contributed by atoms with Gasteiger partial charge in [-0.05, 0) is 27.2 Å². The first-order valence-corrected chi connectivity index (χ1v) is 5.04. The third-order valence-electron chi connectivity index (χ3n) is 1.74. The lowest BCUT2D eigenvalue weighted by molar-refractivity contribution is 0.243. The van der Waals surface area contributed by atoms with Crippen molar-refractivity contribution >= 4 is 11.8 Å². The normalized spacial score (nSPS) is 11.2. The number of rotatable bonds is 2. The molecule has 0 aliphatic carbocycles. The second kappa shape index (κ2) is 4.33. The topological polar surface area (TPSA) is 69.8 Å². The van der Waals surface area contributed by atoms with Crippen LogP contribution >= 0.6 is 0 Å². The molecule has 3 N–H and O–H groups in total. The summed E-state index contributed by atoms with van der Waals surface area (Å²) in [7, 11) is 0. The molecule has 0 bridgehead atoms. The van der Waals surface area contributed by atoms with Gasteiger partial charge in [-0.3, -0.25) is 10.4 Å². The molecule has 84 valence electrons. The van der Waals surface area contributed by atoms with E-state index in [9.17, 15) is 4.79 Å². The first-order chi connectivity index (χ1) is 6.90. The van der Waals surface area contributed by atoms with Crippen LogP contribution in [0.1, 0.15) is 33.4 Å². The van der Waals surface area contributed by atoms with Crippen molar-refractivity contribution < 1.29 is 4.79 Å². The minimum atomic E-state index is -0.242. The summed E-state index contributed by atoms with van der Waals surface area (Å²) in [5, 5.41) is 12.2. The Labute approximate surface area is 89.6 Å². The van der Waals surface area contributed by atoms with Crippen LogP contribution in [0.2, 0.25) is 0 Å². The molecule has 1 rings (SSSR count). The largest absolute Gasteiger partial charge is 0.333 e. The number of urea groups is 1. The summed E-state index contributed by atoms with van der Waals surface area (Å²) in [4.78, 5) is 11.4. The van der Waals surface area contributed by atoms with E-state index in [4.69, 9.17) is 0 Å². The van der Waals surface area contributed by atoms with E-state index in [0.717, 1.165) is 12.1 Å². The molecule has 0 unspecified atom stereocenters. The number of aromatic nitrogens is 2. The van der Waals surface area contributed by atoms with Gasteiger partial charge in [-0.1, -0.05) is 6.92 Å². The highest BCUT2D eigenvalue weighted by atomic mass is 16.2. The Morgan fingerprint density at radius 3 is 2.67 bits per heavy atom. The Balaban J connectivity index is 2.51. The van der Waals surface area contributed by atoms with Crippen LogP contribution in [0.4, 0.5) is 10.6 Å². The quantitative estimate of drug-likeness (QED) is 0.697. The number of aromatic amines is 1. The van der Waals surface area contributed by atoms with Crippen molar-refractivity contribution in [1.29, 1.82) is 0 Å². The monoisotopic (exact) mass is 210 g/mol. The predicted octanol–water partition coefficient (Wildman–Crippen LogP) is 1.89. The van der Waals surface area contributed by atoms with E-state index in [-0.39, 0.29) is 11.6 Å². The van der Waals surface area contributed by atoms with E-state index in [2.05, 4.69) is 20.8 Å². The van der Waals surface area contributed by atoms with E-state index in [1.807, 2.05) is 33.8 Å². The molecular weight excluding hydrogens is 192 g/mol. The van der Waals surface area contributed by atoms with Crippen LogP contribution < -0.4 is 10.6 Å². The van der Waals surface area contributed by atoms with Crippen LogP contribution in [0.25, 0.3) is 0 Å². The third-order valence-corrected chi connectivity index (χ3v) is 1.74. The summed E-state index contributed by atoms with van der Waals surface area (Å²) in [6.45, 7) is 7.80. The van der Waals surface area contributed by atoms with E-state index >= 15 is 0 Å². The molecule has 15 heavy (non-hydrogen) atoms. The highest BCUT2D eigenvalue weighted by Gasteiger charge is 2.14. The summed E-state index contributed by atoms with van der Waals surface area (Å²) in [6.07, 6.45) is 0.871. The van der Waals surface area contributed by atoms with Gasteiger partial charge < -0.3 is 5.32 Å². The molecular formula is C10H18N4O. The molecule has 0 aliphatic rings. The van der Waals surface area contributed by atoms with Crippen LogP contribution in [0, 0.1) is 0 Å². The minimum Gasteiger partial charge on any atom is -0.333 e. The van der Waals surface area contributed by atoms with Gasteiger partial charge in [0, 0.05) is 17.3 Å². The Morgan fingerprint density at radius 2 is 2.20 bits per heavy atom. The fraction of sp³-hybridized carbons (Fsp3) is 0.600. The Hall–Kier alpha value is -1.52. The molecule has 0 fully saturated rings. The zero-order chi connectivity index (χ0) is 11.5. The molecule has 0 atom stereocenters. The fourth-order valence-corrected chi connectivity index (χ4v) is 1.09. The number of aryl methyl sites for hydroxylation is 1. The number of nitrogens with zero attached hydrogens (tertiary/aromatic N) is 1. The number of hydrogen-bond donors (Lipinski definition) is 3. The summed E-state index contributed by atoms with van der Waals surface area (Å²) >= 11 is 0. The summed E-state index contributed by atoms with van der Waals surface area (Å²) in [5.74, 6) is 0.550. The van der Waals surface area contributed by atoms with Gasteiger partial charge in [-0.25, -0.2) is 4.79 Å². The number of amides is 2. The zero-order valence-electron chi connectivity index (χ0n) is 9.64. The van der Waals surface area contributed by atoms with Gasteiger partial charge in [0.05, 0.1) is 0 Å². The van der Waals surface area contributed by atoms with Crippen molar-refractivity contribution in [2.45, 2.75) is 39.7 Å². The van der Waals surface area contributed by atoms with E-state index in [1.165, 1.54) is 0 Å². The number of anilines is 1. The third kappa shape index (κ3) is 4.01. The average Bonchev–Trinajstić information content (AvgIpc) is 2.48. The first kappa shape index (κ1) is 11.6. The molecule has 1 heterocycles. The Morgan fingerprint density at radius 1 is 1.53 bits per heavy atom. The zero-order valence-corrected chi connectivity index (χ0v) is 9.64. The van der Waals surface area contributed by atoms with Crippen molar-refractivity contribution in [2.24, 2.45) is 0 Å². The summed E-state index contributed by atoms with van der Waals surface area (Å²) < 4.78 is 0. The fourth-order valence-electron chi connectivity index (χ4n) is 1.09. The van der Waals surface area contributed by atoms with Crippen LogP contribution in [0.3, 0.4) is 0 Å². The van der Waals surface area contributed by atoms with Crippen molar-refractivity contribution in [3.05, 3.63) is 11.8 Å². The van der Waals surface area contributed by atoms with E-state index in [1.54, 1.807) is 0 Å². The molecule has 5 heteroatoms. The molecule has 1 aromatic heterocycles. The lowest BCUT2D eigenvalue weighted by atomic mass is 10.1. The number of nitrogens with one attached hydrogen (secondary N) is 3.